The molecule has 1 aromatic heterocycles. The fourth-order valence-electron chi connectivity index (χ4n) is 6.01. The Morgan fingerprint density at radius 2 is 1.45 bits per heavy atom. The van der Waals surface area contributed by atoms with E-state index in [1.165, 1.54) is 0 Å². The third kappa shape index (κ3) is 5.94. The van der Waals surface area contributed by atoms with Crippen LogP contribution in [0.3, 0.4) is 0 Å². The maximum absolute atomic E-state index is 14.0. The van der Waals surface area contributed by atoms with E-state index >= 15 is 0 Å². The second kappa shape index (κ2) is 12.8. The summed E-state index contributed by atoms with van der Waals surface area (Å²) in [6.45, 7) is 3.79. The lowest BCUT2D eigenvalue weighted by molar-refractivity contribution is 0.0683. The largest absolute Gasteiger partial charge is 0.497 e. The Hall–Kier alpha value is -4.21. The number of benzene rings is 3. The van der Waals surface area contributed by atoms with Crippen LogP contribution in [0.15, 0.2) is 65.6 Å². The van der Waals surface area contributed by atoms with E-state index in [9.17, 15) is 9.59 Å². The van der Waals surface area contributed by atoms with Crippen molar-refractivity contribution >= 4 is 28.4 Å². The zero-order valence-corrected chi connectivity index (χ0v) is 25.9. The maximum atomic E-state index is 14.0. The lowest BCUT2D eigenvalue weighted by Crippen LogP contribution is -2.43. The molecule has 3 aliphatic heterocycles. The van der Waals surface area contributed by atoms with E-state index in [0.29, 0.717) is 17.8 Å². The van der Waals surface area contributed by atoms with Gasteiger partial charge in [-0.1, -0.05) is 35.9 Å². The molecule has 3 saturated heterocycles. The number of carbonyl (C=O) groups excluding carboxylic acids is 1. The first-order chi connectivity index (χ1) is 21.4. The predicted molar refractivity (Wildman–Crippen MR) is 169 cm³/mol. The second-order valence-electron chi connectivity index (χ2n) is 11.2. The molecule has 230 valence electrons. The van der Waals surface area contributed by atoms with Crippen molar-refractivity contribution in [1.29, 1.82) is 0 Å². The summed E-state index contributed by atoms with van der Waals surface area (Å²) in [5.74, 6) is 1.86. The van der Waals surface area contributed by atoms with Gasteiger partial charge in [-0.05, 0) is 48.2 Å². The number of aromatic nitrogens is 1. The normalized spacial score (nSPS) is 17.8. The van der Waals surface area contributed by atoms with E-state index in [1.54, 1.807) is 38.1 Å². The van der Waals surface area contributed by atoms with Crippen LogP contribution in [-0.4, -0.2) is 66.7 Å². The molecule has 0 aliphatic carbocycles. The van der Waals surface area contributed by atoms with Crippen molar-refractivity contribution in [3.8, 4) is 23.0 Å². The number of ether oxygens (including phenoxy) is 4. The van der Waals surface area contributed by atoms with Crippen LogP contribution in [0.1, 0.15) is 34.3 Å². The number of carbonyl (C=O) groups is 1. The van der Waals surface area contributed by atoms with E-state index < -0.39 is 5.43 Å². The summed E-state index contributed by atoms with van der Waals surface area (Å²) in [4.78, 5) is 32.2. The van der Waals surface area contributed by atoms with E-state index in [2.05, 4.69) is 4.90 Å². The predicted octanol–water partition coefficient (Wildman–Crippen LogP) is 5.29. The number of aryl methyl sites for hydroxylation is 1. The summed E-state index contributed by atoms with van der Waals surface area (Å²) >= 11 is 7.02. The zero-order chi connectivity index (χ0) is 30.8. The van der Waals surface area contributed by atoms with Gasteiger partial charge in [0, 0.05) is 51.5 Å². The Labute approximate surface area is 261 Å². The van der Waals surface area contributed by atoms with Gasteiger partial charge in [0.15, 0.2) is 11.5 Å². The third-order valence-corrected chi connectivity index (χ3v) is 8.94. The van der Waals surface area contributed by atoms with Crippen LogP contribution in [0.5, 0.6) is 23.0 Å². The number of piperidine rings is 1. The number of pyridine rings is 1. The molecule has 3 aromatic carbocycles. The highest BCUT2D eigenvalue weighted by Crippen LogP contribution is 2.41. The standard InChI is InChI=1S/C34H36ClN3O6/c1-36-19-27(34(40)38-17-16-37-14-12-24(38)13-15-37)32(39)30-28(36)18-29(43-20-22-4-8-25(41-2)9-5-22)33(31(30)35)44-21-23-6-10-26(42-3)11-7-23/h4-11,18-19,24H,12-17,20-21H2,1-3H3. The van der Waals surface area contributed by atoms with Crippen LogP contribution in [-0.2, 0) is 20.3 Å². The summed E-state index contributed by atoms with van der Waals surface area (Å²) in [5.41, 5.74) is 2.03. The van der Waals surface area contributed by atoms with Gasteiger partial charge in [0.25, 0.3) is 5.91 Å². The molecule has 0 atom stereocenters. The highest BCUT2D eigenvalue weighted by atomic mass is 35.5. The number of fused-ring (bicyclic) bond motifs is 5. The third-order valence-electron chi connectivity index (χ3n) is 8.58. The van der Waals surface area contributed by atoms with Gasteiger partial charge < -0.3 is 33.3 Å². The minimum Gasteiger partial charge on any atom is -0.497 e. The first-order valence-corrected chi connectivity index (χ1v) is 15.1. The minimum atomic E-state index is -0.414. The second-order valence-corrected chi connectivity index (χ2v) is 11.6. The lowest BCUT2D eigenvalue weighted by Gasteiger charge is -2.31. The molecular weight excluding hydrogens is 582 g/mol. The van der Waals surface area contributed by atoms with Crippen LogP contribution < -0.4 is 24.4 Å². The van der Waals surface area contributed by atoms with Crippen LogP contribution in [0.4, 0.5) is 0 Å². The minimum absolute atomic E-state index is 0.107. The molecular formula is C34H36ClN3O6. The number of nitrogens with zero attached hydrogens (tertiary/aromatic N) is 3. The highest BCUT2D eigenvalue weighted by molar-refractivity contribution is 6.37. The van der Waals surface area contributed by atoms with Gasteiger partial charge in [-0.2, -0.15) is 0 Å². The van der Waals surface area contributed by atoms with Gasteiger partial charge in [-0.3, -0.25) is 9.59 Å². The van der Waals surface area contributed by atoms with Crippen LogP contribution in [0.25, 0.3) is 10.9 Å². The highest BCUT2D eigenvalue weighted by Gasteiger charge is 2.34. The molecule has 9 nitrogen and oxygen atoms in total. The van der Waals surface area contributed by atoms with Gasteiger partial charge in [0.05, 0.1) is 30.1 Å². The molecule has 3 aliphatic rings. The number of hydrogen-bond acceptors (Lipinski definition) is 7. The Morgan fingerprint density at radius 3 is 2.05 bits per heavy atom. The van der Waals surface area contributed by atoms with E-state index in [4.69, 9.17) is 30.5 Å². The van der Waals surface area contributed by atoms with Crippen LogP contribution in [0.2, 0.25) is 5.02 Å². The molecule has 44 heavy (non-hydrogen) atoms. The van der Waals surface area contributed by atoms with E-state index in [-0.39, 0.29) is 46.9 Å². The first-order valence-electron chi connectivity index (χ1n) is 14.8. The van der Waals surface area contributed by atoms with Crippen molar-refractivity contribution in [2.24, 2.45) is 7.05 Å². The molecule has 0 saturated carbocycles. The van der Waals surface area contributed by atoms with Gasteiger partial charge in [0.1, 0.15) is 30.3 Å². The molecule has 4 heterocycles. The van der Waals surface area contributed by atoms with Crippen molar-refractivity contribution < 1.29 is 23.7 Å². The summed E-state index contributed by atoms with van der Waals surface area (Å²) in [7, 11) is 5.04. The Morgan fingerprint density at radius 1 is 0.864 bits per heavy atom. The van der Waals surface area contributed by atoms with Gasteiger partial charge in [-0.15, -0.1) is 0 Å². The molecule has 3 fully saturated rings. The molecule has 1 amide bonds. The lowest BCUT2D eigenvalue weighted by atomic mass is 10.0. The Balaban J connectivity index is 1.38. The van der Waals surface area contributed by atoms with Crippen molar-refractivity contribution in [2.45, 2.75) is 32.1 Å². The van der Waals surface area contributed by atoms with Gasteiger partial charge in [0.2, 0.25) is 5.43 Å². The van der Waals surface area contributed by atoms with E-state index in [0.717, 1.165) is 55.1 Å². The average molecular weight is 618 g/mol. The van der Waals surface area contributed by atoms with Crippen molar-refractivity contribution in [1.82, 2.24) is 14.4 Å². The van der Waals surface area contributed by atoms with Crippen LogP contribution >= 0.6 is 11.6 Å². The van der Waals surface area contributed by atoms with Crippen molar-refractivity contribution in [2.75, 3.05) is 40.4 Å². The summed E-state index contributed by atoms with van der Waals surface area (Å²) < 4.78 is 24.8. The molecule has 7 rings (SSSR count). The number of halogens is 1. The van der Waals surface area contributed by atoms with Crippen molar-refractivity contribution in [3.63, 3.8) is 0 Å². The molecule has 4 aromatic rings. The summed E-state index contributed by atoms with van der Waals surface area (Å²) in [6, 6.07) is 16.9. The molecule has 2 bridgehead atoms. The average Bonchev–Trinajstić information content (AvgIpc) is 3.39. The van der Waals surface area contributed by atoms with Crippen LogP contribution in [0, 0.1) is 0 Å². The SMILES string of the molecule is COc1ccc(COc2cc3c(c(Cl)c2OCc2ccc(OC)cc2)c(=O)c(C(=O)N2CCN4CCC2CC4)cn3C)cc1. The maximum Gasteiger partial charge on any atom is 0.259 e. The zero-order valence-electron chi connectivity index (χ0n) is 25.2. The van der Waals surface area contributed by atoms with E-state index in [1.807, 2.05) is 53.4 Å². The Bertz CT molecular complexity index is 1710. The monoisotopic (exact) mass is 617 g/mol. The quantitative estimate of drug-likeness (QED) is 0.253. The van der Waals surface area contributed by atoms with Gasteiger partial charge in [-0.25, -0.2) is 0 Å². The fourth-order valence-corrected chi connectivity index (χ4v) is 6.34. The molecule has 0 unspecified atom stereocenters. The number of hydrogen-bond donors (Lipinski definition) is 0. The summed E-state index contributed by atoms with van der Waals surface area (Å²) in [6.07, 6.45) is 3.45. The first kappa shape index (κ1) is 29.8. The number of amides is 1. The molecule has 0 spiro atoms. The molecule has 0 radical (unpaired) electrons. The van der Waals surface area contributed by atoms with Crippen molar-refractivity contribution in [3.05, 3.63) is 92.7 Å². The fraction of sp³-hybridized carbons (Fsp3) is 0.353. The smallest absolute Gasteiger partial charge is 0.259 e. The summed E-state index contributed by atoms with van der Waals surface area (Å²) in [5, 5.41) is 0.336. The Kier molecular flexibility index (Phi) is 8.68. The topological polar surface area (TPSA) is 82.5 Å². The molecule has 0 N–H and O–H groups in total. The van der Waals surface area contributed by atoms with Gasteiger partial charge >= 0.3 is 0 Å². The number of methoxy groups -OCH3 is 2. The molecule has 10 heteroatoms. The number of rotatable bonds is 9.